The van der Waals surface area contributed by atoms with Gasteiger partial charge in [0.1, 0.15) is 5.82 Å². The molecular weight excluding hydrogens is 241 g/mol. The molecule has 0 radical (unpaired) electrons. The van der Waals surface area contributed by atoms with E-state index in [1.807, 2.05) is 6.08 Å². The molecule has 17 heavy (non-hydrogen) atoms. The molecule has 0 saturated carbocycles. The largest absolute Gasteiger partial charge is 1.00 e. The zero-order valence-corrected chi connectivity index (χ0v) is 13.4. The van der Waals surface area contributed by atoms with Gasteiger partial charge in [-0.15, -0.1) is 22.3 Å². The number of ether oxygens (including phenoxy) is 1. The van der Waals surface area contributed by atoms with E-state index in [-0.39, 0.29) is 51.4 Å². The quantitative estimate of drug-likeness (QED) is 0.402. The number of aromatic nitrogens is 2. The van der Waals surface area contributed by atoms with Gasteiger partial charge in [-0.05, 0) is 6.07 Å². The number of allylic oxidation sites excluding steroid dienone is 2. The Morgan fingerprint density at radius 1 is 1.53 bits per heavy atom. The first-order chi connectivity index (χ1) is 7.76. The maximum absolute atomic E-state index is 4.90. The summed E-state index contributed by atoms with van der Waals surface area (Å²) < 4.78 is 4.90. The molecule has 1 aromatic heterocycles. The van der Waals surface area contributed by atoms with Crippen LogP contribution >= 0.6 is 0 Å². The zero-order chi connectivity index (χ0) is 11.8. The Bertz CT molecular complexity index is 387. The molecule has 5 heteroatoms. The summed E-state index contributed by atoms with van der Waals surface area (Å²) in [4.78, 5) is 0. The summed E-state index contributed by atoms with van der Waals surface area (Å²) >= 11 is 0. The van der Waals surface area contributed by atoms with Crippen molar-refractivity contribution in [2.75, 3.05) is 19.0 Å². The van der Waals surface area contributed by atoms with Crippen molar-refractivity contribution in [2.45, 2.75) is 0 Å². The number of rotatable bonds is 6. The van der Waals surface area contributed by atoms with Crippen molar-refractivity contribution in [3.05, 3.63) is 49.1 Å². The number of nitrogens with one attached hydrogen (secondary N) is 1. The fourth-order valence-electron chi connectivity index (χ4n) is 0.963. The smallest absolute Gasteiger partial charge is 0.480 e. The molecule has 0 spiro atoms. The molecule has 0 bridgehead atoms. The summed E-state index contributed by atoms with van der Waals surface area (Å²) in [5, 5.41) is 10.8. The van der Waals surface area contributed by atoms with Gasteiger partial charge in [-0.25, -0.2) is 12.2 Å². The van der Waals surface area contributed by atoms with Crippen molar-refractivity contribution in [3.63, 3.8) is 0 Å². The van der Waals surface area contributed by atoms with Crippen LogP contribution in [-0.2, 0) is 0 Å². The number of hydrogen-bond acceptors (Lipinski definition) is 4. The van der Waals surface area contributed by atoms with E-state index in [2.05, 4.69) is 34.7 Å². The Labute approximate surface area is 144 Å². The molecular formula is C12H14KN3O. The minimum atomic E-state index is 0. The summed E-state index contributed by atoms with van der Waals surface area (Å²) in [6, 6.07) is 3.54. The van der Waals surface area contributed by atoms with Crippen LogP contribution in [0.4, 0.5) is 5.82 Å². The van der Waals surface area contributed by atoms with Crippen molar-refractivity contribution in [1.82, 2.24) is 10.2 Å². The van der Waals surface area contributed by atoms with Gasteiger partial charge in [0.2, 0.25) is 5.88 Å². The van der Waals surface area contributed by atoms with Crippen LogP contribution in [0.3, 0.4) is 0 Å². The number of methoxy groups -OCH3 is 1. The number of hydrogen-bond donors (Lipinski definition) is 1. The molecule has 1 aromatic rings. The molecule has 4 nitrogen and oxygen atoms in total. The van der Waals surface area contributed by atoms with E-state index in [0.717, 1.165) is 5.57 Å². The van der Waals surface area contributed by atoms with Gasteiger partial charge in [-0.2, -0.15) is 6.58 Å². The first kappa shape index (κ1) is 16.5. The Morgan fingerprint density at radius 2 is 2.29 bits per heavy atom. The Kier molecular flexibility index (Phi) is 9.29. The molecule has 0 saturated heterocycles. The van der Waals surface area contributed by atoms with Crippen molar-refractivity contribution in [3.8, 4) is 5.88 Å². The van der Waals surface area contributed by atoms with Crippen LogP contribution in [0, 0.1) is 6.08 Å². The molecule has 1 heterocycles. The third-order valence-electron chi connectivity index (χ3n) is 1.78. The van der Waals surface area contributed by atoms with E-state index >= 15 is 0 Å². The third-order valence-corrected chi connectivity index (χ3v) is 1.78. The molecule has 0 fully saturated rings. The van der Waals surface area contributed by atoms with E-state index in [1.165, 1.54) is 0 Å². The van der Waals surface area contributed by atoms with Gasteiger partial charge in [0, 0.05) is 12.6 Å². The van der Waals surface area contributed by atoms with E-state index < -0.39 is 0 Å². The average molecular weight is 255 g/mol. The van der Waals surface area contributed by atoms with E-state index in [4.69, 9.17) is 4.74 Å². The number of anilines is 1. The van der Waals surface area contributed by atoms with Gasteiger partial charge in [0.05, 0.1) is 7.11 Å². The second kappa shape index (κ2) is 9.55. The van der Waals surface area contributed by atoms with Crippen LogP contribution in [0.5, 0.6) is 5.88 Å². The first-order valence-corrected chi connectivity index (χ1v) is 4.75. The van der Waals surface area contributed by atoms with Gasteiger partial charge >= 0.3 is 51.4 Å². The Morgan fingerprint density at radius 3 is 2.82 bits per heavy atom. The summed E-state index contributed by atoms with van der Waals surface area (Å²) in [7, 11) is 1.55. The Balaban J connectivity index is 0.00000256. The van der Waals surface area contributed by atoms with E-state index in [9.17, 15) is 0 Å². The molecule has 0 aliphatic heterocycles. The van der Waals surface area contributed by atoms with Gasteiger partial charge < -0.3 is 10.1 Å². The molecule has 0 aliphatic carbocycles. The molecule has 84 valence electrons. The second-order valence-electron chi connectivity index (χ2n) is 3.01. The number of nitrogens with zero attached hydrogens (tertiary/aromatic N) is 2. The van der Waals surface area contributed by atoms with Gasteiger partial charge in [-0.1, -0.05) is 0 Å². The average Bonchev–Trinajstić information content (AvgIpc) is 2.34. The summed E-state index contributed by atoms with van der Waals surface area (Å²) in [5.41, 5.74) is 0.911. The molecule has 0 atom stereocenters. The van der Waals surface area contributed by atoms with Gasteiger partial charge in [0.15, 0.2) is 0 Å². The maximum Gasteiger partial charge on any atom is 1.00 e. The predicted molar refractivity (Wildman–Crippen MR) is 64.2 cm³/mol. The molecule has 0 aromatic carbocycles. The first-order valence-electron chi connectivity index (χ1n) is 4.75. The summed E-state index contributed by atoms with van der Waals surface area (Å²) in [6.07, 6.45) is 6.19. The Hall–Kier alpha value is -0.464. The van der Waals surface area contributed by atoms with Gasteiger partial charge in [-0.3, -0.25) is 6.08 Å². The van der Waals surface area contributed by atoms with Gasteiger partial charge in [0.25, 0.3) is 0 Å². The molecule has 0 aliphatic rings. The summed E-state index contributed by atoms with van der Waals surface area (Å²) in [5.74, 6) is 1.17. The van der Waals surface area contributed by atoms with E-state index in [1.54, 1.807) is 25.3 Å². The standard InChI is InChI=1S/C12H14N3O.K/c1-4-5-6-10(2)9-13-11-7-8-12(16-3)15-14-11;/h5-8H,1-2,9H2,3H3,(H,13,14);/q-1;+1/b6-5-;. The molecule has 1 N–H and O–H groups in total. The topological polar surface area (TPSA) is 47.0 Å². The van der Waals surface area contributed by atoms with Crippen LogP contribution in [0.25, 0.3) is 0 Å². The van der Waals surface area contributed by atoms with Crippen LogP contribution in [0.2, 0.25) is 0 Å². The predicted octanol–water partition coefficient (Wildman–Crippen LogP) is -0.997. The molecule has 0 amide bonds. The summed E-state index contributed by atoms with van der Waals surface area (Å²) in [6.45, 7) is 7.91. The fourth-order valence-corrected chi connectivity index (χ4v) is 0.963. The zero-order valence-electron chi connectivity index (χ0n) is 10.2. The SMILES string of the molecule is C=[C-]/C=C\C(=C)CNc1ccc(OC)nn1.[K+]. The minimum absolute atomic E-state index is 0. The monoisotopic (exact) mass is 255 g/mol. The van der Waals surface area contributed by atoms with Crippen LogP contribution in [-0.4, -0.2) is 23.9 Å². The maximum atomic E-state index is 4.90. The van der Waals surface area contributed by atoms with Crippen LogP contribution in [0.1, 0.15) is 0 Å². The second-order valence-corrected chi connectivity index (χ2v) is 3.01. The van der Waals surface area contributed by atoms with Crippen LogP contribution < -0.4 is 61.4 Å². The van der Waals surface area contributed by atoms with Crippen molar-refractivity contribution in [1.29, 1.82) is 0 Å². The third kappa shape index (κ3) is 6.75. The normalized spacial score (nSPS) is 9.47. The van der Waals surface area contributed by atoms with Crippen molar-refractivity contribution < 1.29 is 56.1 Å². The van der Waals surface area contributed by atoms with Crippen molar-refractivity contribution in [2.24, 2.45) is 0 Å². The molecule has 1 rings (SSSR count). The van der Waals surface area contributed by atoms with Crippen molar-refractivity contribution >= 4 is 5.82 Å². The molecule has 0 unspecified atom stereocenters. The van der Waals surface area contributed by atoms with E-state index in [0.29, 0.717) is 18.2 Å². The van der Waals surface area contributed by atoms with Crippen LogP contribution in [0.15, 0.2) is 43.0 Å². The fraction of sp³-hybridized carbons (Fsp3) is 0.167. The minimum Gasteiger partial charge on any atom is -0.480 e.